The topological polar surface area (TPSA) is 78.8 Å². The summed E-state index contributed by atoms with van der Waals surface area (Å²) in [7, 11) is 1.57. The molecule has 20 heavy (non-hydrogen) atoms. The molecule has 2 N–H and O–H groups in total. The number of tetrazole rings is 1. The second-order valence-corrected chi connectivity index (χ2v) is 4.98. The fourth-order valence-corrected chi connectivity index (χ4v) is 1.69. The number of benzene rings is 1. The molecule has 0 amide bonds. The molecule has 1 heterocycles. The Bertz CT molecular complexity index is 626. The van der Waals surface area contributed by atoms with E-state index in [2.05, 4.69) is 15.5 Å². The summed E-state index contributed by atoms with van der Waals surface area (Å²) in [5.74, 6) is -1.76. The van der Waals surface area contributed by atoms with Crippen LogP contribution in [0.25, 0.3) is 11.4 Å². The van der Waals surface area contributed by atoms with Crippen LogP contribution < -0.4 is 5.73 Å². The van der Waals surface area contributed by atoms with E-state index in [0.717, 1.165) is 12.1 Å². The van der Waals surface area contributed by atoms with Gasteiger partial charge >= 0.3 is 0 Å². The standard InChI is InChI=1S/C12H15F2N5O/c1-12(2,20-3)6-19-11(16-17-18-19)7-4-8(13)9(14)5-10(7)15/h4-5H,6,15H2,1-3H3. The summed E-state index contributed by atoms with van der Waals surface area (Å²) < 4.78 is 33.2. The highest BCUT2D eigenvalue weighted by Crippen LogP contribution is 2.27. The fraction of sp³-hybridized carbons (Fsp3) is 0.417. The molecule has 2 aromatic rings. The highest BCUT2D eigenvalue weighted by Gasteiger charge is 2.22. The quantitative estimate of drug-likeness (QED) is 0.863. The summed E-state index contributed by atoms with van der Waals surface area (Å²) >= 11 is 0. The molecule has 0 saturated heterocycles. The zero-order valence-corrected chi connectivity index (χ0v) is 11.4. The van der Waals surface area contributed by atoms with Gasteiger partial charge in [0.15, 0.2) is 17.5 Å². The molecule has 108 valence electrons. The molecule has 0 fully saturated rings. The lowest BCUT2D eigenvalue weighted by Gasteiger charge is -2.22. The first-order chi connectivity index (χ1) is 9.34. The molecular weight excluding hydrogens is 268 g/mol. The molecular formula is C12H15F2N5O. The van der Waals surface area contributed by atoms with E-state index in [9.17, 15) is 8.78 Å². The van der Waals surface area contributed by atoms with Crippen LogP contribution in [0.15, 0.2) is 12.1 Å². The third-order valence-electron chi connectivity index (χ3n) is 2.95. The number of ether oxygens (including phenoxy) is 1. The average molecular weight is 283 g/mol. The van der Waals surface area contributed by atoms with Crippen LogP contribution in [0, 0.1) is 11.6 Å². The van der Waals surface area contributed by atoms with Crippen LogP contribution in [-0.2, 0) is 11.3 Å². The Kier molecular flexibility index (Phi) is 3.67. The SMILES string of the molecule is COC(C)(C)Cn1nnnc1-c1cc(F)c(F)cc1N. The first-order valence-corrected chi connectivity index (χ1v) is 5.90. The van der Waals surface area contributed by atoms with Crippen molar-refractivity contribution >= 4 is 5.69 Å². The summed E-state index contributed by atoms with van der Waals surface area (Å²) in [5.41, 5.74) is 5.49. The van der Waals surface area contributed by atoms with Crippen molar-refractivity contribution in [1.82, 2.24) is 20.2 Å². The predicted octanol–water partition coefficient (Wildman–Crippen LogP) is 1.63. The zero-order valence-electron chi connectivity index (χ0n) is 11.4. The Morgan fingerprint density at radius 2 is 1.95 bits per heavy atom. The number of nitrogens with two attached hydrogens (primary N) is 1. The van der Waals surface area contributed by atoms with Gasteiger partial charge in [-0.25, -0.2) is 13.5 Å². The Hall–Kier alpha value is -2.09. The number of nitrogen functional groups attached to an aromatic ring is 1. The Labute approximate surface area is 114 Å². The molecule has 2 rings (SSSR count). The minimum Gasteiger partial charge on any atom is -0.398 e. The molecule has 6 nitrogen and oxygen atoms in total. The Balaban J connectivity index is 2.45. The fourth-order valence-electron chi connectivity index (χ4n) is 1.69. The largest absolute Gasteiger partial charge is 0.398 e. The summed E-state index contributed by atoms with van der Waals surface area (Å²) in [6.45, 7) is 4.05. The van der Waals surface area contributed by atoms with Crippen LogP contribution in [0.1, 0.15) is 13.8 Å². The number of rotatable bonds is 4. The van der Waals surface area contributed by atoms with Crippen LogP contribution in [-0.4, -0.2) is 32.9 Å². The van der Waals surface area contributed by atoms with E-state index in [-0.39, 0.29) is 17.1 Å². The van der Waals surface area contributed by atoms with Crippen molar-refractivity contribution in [2.45, 2.75) is 26.0 Å². The molecule has 0 aliphatic heterocycles. The van der Waals surface area contributed by atoms with E-state index in [0.29, 0.717) is 6.54 Å². The van der Waals surface area contributed by atoms with E-state index in [1.165, 1.54) is 4.68 Å². The summed E-state index contributed by atoms with van der Waals surface area (Å²) in [6.07, 6.45) is 0. The second-order valence-electron chi connectivity index (χ2n) is 4.98. The zero-order chi connectivity index (χ0) is 14.9. The number of aromatic nitrogens is 4. The van der Waals surface area contributed by atoms with Gasteiger partial charge in [-0.2, -0.15) is 0 Å². The molecule has 0 aliphatic carbocycles. The van der Waals surface area contributed by atoms with E-state index in [1.54, 1.807) is 7.11 Å². The third kappa shape index (κ3) is 2.74. The summed E-state index contributed by atoms with van der Waals surface area (Å²) in [6, 6.07) is 1.89. The number of methoxy groups -OCH3 is 1. The molecule has 1 aromatic carbocycles. The summed E-state index contributed by atoms with van der Waals surface area (Å²) in [4.78, 5) is 0. The van der Waals surface area contributed by atoms with E-state index in [4.69, 9.17) is 10.5 Å². The van der Waals surface area contributed by atoms with Crippen LogP contribution in [0.2, 0.25) is 0 Å². The highest BCUT2D eigenvalue weighted by atomic mass is 19.2. The van der Waals surface area contributed by atoms with Crippen LogP contribution in [0.5, 0.6) is 0 Å². The van der Waals surface area contributed by atoms with Crippen molar-refractivity contribution in [2.24, 2.45) is 0 Å². The lowest BCUT2D eigenvalue weighted by Crippen LogP contribution is -2.30. The minimum absolute atomic E-state index is 0.0650. The maximum Gasteiger partial charge on any atom is 0.184 e. The first-order valence-electron chi connectivity index (χ1n) is 5.90. The second kappa shape index (κ2) is 5.12. The van der Waals surface area contributed by atoms with Gasteiger partial charge in [0.1, 0.15) is 0 Å². The summed E-state index contributed by atoms with van der Waals surface area (Å²) in [5, 5.41) is 11.2. The number of hydrogen-bond acceptors (Lipinski definition) is 5. The van der Waals surface area contributed by atoms with Crippen LogP contribution in [0.4, 0.5) is 14.5 Å². The Morgan fingerprint density at radius 1 is 1.30 bits per heavy atom. The maximum atomic E-state index is 13.4. The number of anilines is 1. The minimum atomic E-state index is -1.01. The van der Waals surface area contributed by atoms with E-state index >= 15 is 0 Å². The van der Waals surface area contributed by atoms with Gasteiger partial charge < -0.3 is 10.5 Å². The van der Waals surface area contributed by atoms with Crippen molar-refractivity contribution < 1.29 is 13.5 Å². The first kappa shape index (κ1) is 14.3. The van der Waals surface area contributed by atoms with Crippen molar-refractivity contribution in [3.63, 3.8) is 0 Å². The van der Waals surface area contributed by atoms with Crippen molar-refractivity contribution in [3.8, 4) is 11.4 Å². The van der Waals surface area contributed by atoms with Gasteiger partial charge in [-0.15, -0.1) is 5.10 Å². The molecule has 0 saturated carbocycles. The molecule has 1 aromatic heterocycles. The molecule has 0 unspecified atom stereocenters. The van der Waals surface area contributed by atoms with Crippen LogP contribution in [0.3, 0.4) is 0 Å². The number of hydrogen-bond donors (Lipinski definition) is 1. The molecule has 0 radical (unpaired) electrons. The van der Waals surface area contributed by atoms with Crippen LogP contribution >= 0.6 is 0 Å². The van der Waals surface area contributed by atoms with Gasteiger partial charge in [-0.05, 0) is 30.3 Å². The number of halogens is 2. The van der Waals surface area contributed by atoms with Gasteiger partial charge in [0, 0.05) is 24.4 Å². The molecule has 8 heteroatoms. The molecule has 0 spiro atoms. The monoisotopic (exact) mass is 283 g/mol. The Morgan fingerprint density at radius 3 is 2.60 bits per heavy atom. The lowest BCUT2D eigenvalue weighted by molar-refractivity contribution is 0.00539. The van der Waals surface area contributed by atoms with Gasteiger partial charge in [0.2, 0.25) is 0 Å². The molecule has 0 atom stereocenters. The maximum absolute atomic E-state index is 13.4. The average Bonchev–Trinajstić information content (AvgIpc) is 2.81. The third-order valence-corrected chi connectivity index (χ3v) is 2.95. The molecule has 0 bridgehead atoms. The smallest absolute Gasteiger partial charge is 0.184 e. The highest BCUT2D eigenvalue weighted by molar-refractivity contribution is 5.71. The van der Waals surface area contributed by atoms with Gasteiger partial charge in [-0.1, -0.05) is 0 Å². The van der Waals surface area contributed by atoms with Gasteiger partial charge in [0.25, 0.3) is 0 Å². The van der Waals surface area contributed by atoms with Gasteiger partial charge in [-0.3, -0.25) is 0 Å². The van der Waals surface area contributed by atoms with E-state index in [1.807, 2.05) is 13.8 Å². The van der Waals surface area contributed by atoms with Crippen molar-refractivity contribution in [3.05, 3.63) is 23.8 Å². The van der Waals surface area contributed by atoms with Crippen molar-refractivity contribution in [1.29, 1.82) is 0 Å². The normalized spacial score (nSPS) is 11.8. The van der Waals surface area contributed by atoms with Crippen molar-refractivity contribution in [2.75, 3.05) is 12.8 Å². The lowest BCUT2D eigenvalue weighted by atomic mass is 10.1. The predicted molar refractivity (Wildman–Crippen MR) is 68.7 cm³/mol. The molecule has 0 aliphatic rings. The number of nitrogens with zero attached hydrogens (tertiary/aromatic N) is 4. The van der Waals surface area contributed by atoms with E-state index < -0.39 is 17.2 Å². The van der Waals surface area contributed by atoms with Gasteiger partial charge in [0.05, 0.1) is 12.1 Å².